The van der Waals surface area contributed by atoms with Gasteiger partial charge in [0.25, 0.3) is 0 Å². The lowest BCUT2D eigenvalue weighted by molar-refractivity contribution is -0.133. The van der Waals surface area contributed by atoms with Gasteiger partial charge in [0.2, 0.25) is 5.91 Å². The first kappa shape index (κ1) is 22.4. The molecule has 6 heteroatoms. The predicted molar refractivity (Wildman–Crippen MR) is 120 cm³/mol. The van der Waals surface area contributed by atoms with Crippen LogP contribution in [-0.4, -0.2) is 73.0 Å². The van der Waals surface area contributed by atoms with Crippen LogP contribution >= 0.6 is 0 Å². The molecule has 3 aliphatic rings. The van der Waals surface area contributed by atoms with Crippen LogP contribution in [0.5, 0.6) is 0 Å². The van der Waals surface area contributed by atoms with E-state index in [1.807, 2.05) is 18.7 Å². The van der Waals surface area contributed by atoms with Crippen LogP contribution in [0.4, 0.5) is 0 Å². The zero-order valence-electron chi connectivity index (χ0n) is 19.0. The number of carbonyl (C=O) groups excluding carboxylic acids is 1. The Morgan fingerprint density at radius 1 is 1.07 bits per heavy atom. The first-order chi connectivity index (χ1) is 14.1. The average molecular weight is 406 g/mol. The van der Waals surface area contributed by atoms with E-state index in [2.05, 4.69) is 22.5 Å². The summed E-state index contributed by atoms with van der Waals surface area (Å²) >= 11 is 0. The van der Waals surface area contributed by atoms with Crippen molar-refractivity contribution in [1.82, 2.24) is 20.4 Å². The molecule has 2 saturated heterocycles. The third-order valence-electron chi connectivity index (χ3n) is 6.86. The second kappa shape index (κ2) is 11.2. The quantitative estimate of drug-likeness (QED) is 0.505. The van der Waals surface area contributed by atoms with Gasteiger partial charge in [-0.1, -0.05) is 33.1 Å². The van der Waals surface area contributed by atoms with Crippen molar-refractivity contribution in [2.24, 2.45) is 16.8 Å². The van der Waals surface area contributed by atoms with E-state index in [9.17, 15) is 4.79 Å². The average Bonchev–Trinajstić information content (AvgIpc) is 3.36. The second-order valence-corrected chi connectivity index (χ2v) is 9.58. The van der Waals surface area contributed by atoms with Gasteiger partial charge in [0, 0.05) is 44.2 Å². The summed E-state index contributed by atoms with van der Waals surface area (Å²) in [4.78, 5) is 21.9. The van der Waals surface area contributed by atoms with Gasteiger partial charge in [-0.25, -0.2) is 0 Å². The van der Waals surface area contributed by atoms with Crippen LogP contribution in [0, 0.1) is 11.8 Å². The molecular formula is C23H43N5O. The van der Waals surface area contributed by atoms with Gasteiger partial charge in [-0.2, -0.15) is 0 Å². The molecule has 1 amide bonds. The van der Waals surface area contributed by atoms with Crippen LogP contribution in [0.3, 0.4) is 0 Å². The third-order valence-corrected chi connectivity index (χ3v) is 6.86. The van der Waals surface area contributed by atoms with Crippen LogP contribution < -0.4 is 10.6 Å². The van der Waals surface area contributed by atoms with Crippen LogP contribution in [0.15, 0.2) is 4.99 Å². The summed E-state index contributed by atoms with van der Waals surface area (Å²) < 4.78 is 0. The van der Waals surface area contributed by atoms with Gasteiger partial charge in [0.1, 0.15) is 0 Å². The number of nitrogens with zero attached hydrogens (tertiary/aromatic N) is 3. The highest BCUT2D eigenvalue weighted by Crippen LogP contribution is 2.27. The Hall–Kier alpha value is -1.30. The largest absolute Gasteiger partial charge is 0.357 e. The van der Waals surface area contributed by atoms with Crippen molar-refractivity contribution in [2.75, 3.05) is 39.3 Å². The minimum Gasteiger partial charge on any atom is -0.357 e. The zero-order chi connectivity index (χ0) is 20.6. The normalized spacial score (nSPS) is 27.0. The maximum Gasteiger partial charge on any atom is 0.225 e. The van der Waals surface area contributed by atoms with Gasteiger partial charge in [0.05, 0.1) is 6.54 Å². The molecule has 0 radical (unpaired) electrons. The SMILES string of the molecule is CCNC(=NCC1CCCN1CC1CCCCC1)NC1CCN(C(=O)C(C)C)C1. The summed E-state index contributed by atoms with van der Waals surface area (Å²) in [5.41, 5.74) is 0. The van der Waals surface area contributed by atoms with Gasteiger partial charge in [-0.05, 0) is 51.5 Å². The number of nitrogens with one attached hydrogen (secondary N) is 2. The van der Waals surface area contributed by atoms with E-state index in [1.54, 1.807) is 0 Å². The number of hydrogen-bond donors (Lipinski definition) is 2. The molecule has 0 aromatic rings. The first-order valence-corrected chi connectivity index (χ1v) is 12.1. The zero-order valence-corrected chi connectivity index (χ0v) is 19.0. The Morgan fingerprint density at radius 3 is 2.59 bits per heavy atom. The molecule has 2 unspecified atom stereocenters. The summed E-state index contributed by atoms with van der Waals surface area (Å²) in [5.74, 6) is 2.16. The maximum atomic E-state index is 12.2. The van der Waals surface area contributed by atoms with Crippen molar-refractivity contribution in [1.29, 1.82) is 0 Å². The topological polar surface area (TPSA) is 60.0 Å². The molecule has 6 nitrogen and oxygen atoms in total. The fourth-order valence-corrected chi connectivity index (χ4v) is 5.20. The third kappa shape index (κ3) is 6.59. The minimum absolute atomic E-state index is 0.0770. The summed E-state index contributed by atoms with van der Waals surface area (Å²) in [6, 6.07) is 0.896. The molecule has 1 aliphatic carbocycles. The smallest absolute Gasteiger partial charge is 0.225 e. The predicted octanol–water partition coefficient (Wildman–Crippen LogP) is 2.84. The molecule has 29 heavy (non-hydrogen) atoms. The molecule has 0 spiro atoms. The van der Waals surface area contributed by atoms with E-state index >= 15 is 0 Å². The van der Waals surface area contributed by atoms with Crippen LogP contribution in [-0.2, 0) is 4.79 Å². The van der Waals surface area contributed by atoms with Gasteiger partial charge in [0.15, 0.2) is 5.96 Å². The molecule has 2 aliphatic heterocycles. The number of amides is 1. The molecule has 0 bridgehead atoms. The van der Waals surface area contributed by atoms with E-state index in [4.69, 9.17) is 4.99 Å². The van der Waals surface area contributed by atoms with Crippen LogP contribution in [0.25, 0.3) is 0 Å². The van der Waals surface area contributed by atoms with Crippen molar-refractivity contribution < 1.29 is 4.79 Å². The van der Waals surface area contributed by atoms with Gasteiger partial charge >= 0.3 is 0 Å². The molecule has 2 heterocycles. The lowest BCUT2D eigenvalue weighted by atomic mass is 9.89. The van der Waals surface area contributed by atoms with E-state index in [0.717, 1.165) is 44.5 Å². The summed E-state index contributed by atoms with van der Waals surface area (Å²) in [6.45, 7) is 12.0. The lowest BCUT2D eigenvalue weighted by Crippen LogP contribution is -2.46. The highest BCUT2D eigenvalue weighted by atomic mass is 16.2. The summed E-state index contributed by atoms with van der Waals surface area (Å²) in [6.07, 6.45) is 10.7. The standard InChI is InChI=1S/C23H43N5O/c1-4-24-23(26-20-12-14-28(17-20)22(29)18(2)3)25-15-21-11-8-13-27(21)16-19-9-6-5-7-10-19/h18-21H,4-17H2,1-3H3,(H2,24,25,26). The fraction of sp³-hybridized carbons (Fsp3) is 0.913. The number of guanidine groups is 1. The Labute approximate surface area is 177 Å². The van der Waals surface area contributed by atoms with Crippen LogP contribution in [0.1, 0.15) is 72.1 Å². The van der Waals surface area contributed by atoms with Gasteiger partial charge < -0.3 is 15.5 Å². The Bertz CT molecular complexity index is 543. The molecule has 3 fully saturated rings. The Kier molecular flexibility index (Phi) is 8.64. The summed E-state index contributed by atoms with van der Waals surface area (Å²) in [5, 5.41) is 7.00. The van der Waals surface area contributed by atoms with Crippen molar-refractivity contribution in [3.8, 4) is 0 Å². The van der Waals surface area contributed by atoms with Gasteiger partial charge in [-0.15, -0.1) is 0 Å². The Balaban J connectivity index is 1.50. The molecule has 2 atom stereocenters. The monoisotopic (exact) mass is 405 g/mol. The molecule has 1 saturated carbocycles. The fourth-order valence-electron chi connectivity index (χ4n) is 5.20. The first-order valence-electron chi connectivity index (χ1n) is 12.1. The van der Waals surface area contributed by atoms with Crippen molar-refractivity contribution in [3.63, 3.8) is 0 Å². The van der Waals surface area contributed by atoms with E-state index in [-0.39, 0.29) is 11.8 Å². The lowest BCUT2D eigenvalue weighted by Gasteiger charge is -2.30. The Morgan fingerprint density at radius 2 is 1.86 bits per heavy atom. The molecule has 166 valence electrons. The molecule has 0 aromatic carbocycles. The summed E-state index contributed by atoms with van der Waals surface area (Å²) in [7, 11) is 0. The maximum absolute atomic E-state index is 12.2. The number of likely N-dealkylation sites (tertiary alicyclic amines) is 2. The van der Waals surface area contributed by atoms with Crippen LogP contribution in [0.2, 0.25) is 0 Å². The number of aliphatic imine (C=N–C) groups is 1. The highest BCUT2D eigenvalue weighted by Gasteiger charge is 2.29. The number of rotatable bonds is 7. The molecule has 3 rings (SSSR count). The minimum atomic E-state index is 0.0770. The van der Waals surface area contributed by atoms with E-state index in [1.165, 1.54) is 58.0 Å². The van der Waals surface area contributed by atoms with Crippen molar-refractivity contribution in [2.45, 2.75) is 84.2 Å². The number of carbonyl (C=O) groups is 1. The van der Waals surface area contributed by atoms with Crippen molar-refractivity contribution in [3.05, 3.63) is 0 Å². The van der Waals surface area contributed by atoms with E-state index < -0.39 is 0 Å². The second-order valence-electron chi connectivity index (χ2n) is 9.58. The van der Waals surface area contributed by atoms with Gasteiger partial charge in [-0.3, -0.25) is 14.7 Å². The molecule has 0 aromatic heterocycles. The highest BCUT2D eigenvalue weighted by molar-refractivity contribution is 5.81. The number of hydrogen-bond acceptors (Lipinski definition) is 3. The van der Waals surface area contributed by atoms with Crippen molar-refractivity contribution >= 4 is 11.9 Å². The molecule has 2 N–H and O–H groups in total. The molecular weight excluding hydrogens is 362 g/mol. The van der Waals surface area contributed by atoms with E-state index in [0.29, 0.717) is 12.1 Å².